The van der Waals surface area contributed by atoms with Crippen LogP contribution < -0.4 is 4.74 Å². The van der Waals surface area contributed by atoms with Crippen LogP contribution in [-0.4, -0.2) is 17.6 Å². The average molecular weight is 222 g/mol. The lowest BCUT2D eigenvalue weighted by molar-refractivity contribution is 0.0991. The zero-order chi connectivity index (χ0) is 10.8. The molecule has 2 nitrogen and oxygen atoms in total. The third kappa shape index (κ3) is 1.88. The van der Waals surface area contributed by atoms with Crippen molar-refractivity contribution < 1.29 is 9.53 Å². The van der Waals surface area contributed by atoms with Gasteiger partial charge in [-0.05, 0) is 19.9 Å². The van der Waals surface area contributed by atoms with E-state index in [9.17, 15) is 4.79 Å². The first-order valence-electron chi connectivity index (χ1n) is 5.14. The van der Waals surface area contributed by atoms with Crippen LogP contribution in [0, 0.1) is 0 Å². The van der Waals surface area contributed by atoms with Crippen LogP contribution in [0.5, 0.6) is 5.75 Å². The molecule has 0 radical (unpaired) electrons. The SMILES string of the molecule is CCOc1cccc2c1CSC(C)C2=O. The van der Waals surface area contributed by atoms with Crippen molar-refractivity contribution >= 4 is 17.5 Å². The maximum Gasteiger partial charge on any atom is 0.175 e. The molecule has 0 aliphatic carbocycles. The molecule has 0 fully saturated rings. The average Bonchev–Trinajstić information content (AvgIpc) is 2.25. The van der Waals surface area contributed by atoms with Gasteiger partial charge in [0.15, 0.2) is 5.78 Å². The highest BCUT2D eigenvalue weighted by Gasteiger charge is 2.26. The first-order chi connectivity index (χ1) is 7.24. The van der Waals surface area contributed by atoms with Gasteiger partial charge in [0.1, 0.15) is 5.75 Å². The van der Waals surface area contributed by atoms with Gasteiger partial charge in [-0.3, -0.25) is 4.79 Å². The first-order valence-corrected chi connectivity index (χ1v) is 6.19. The summed E-state index contributed by atoms with van der Waals surface area (Å²) in [6, 6.07) is 5.73. The van der Waals surface area contributed by atoms with Gasteiger partial charge < -0.3 is 4.74 Å². The van der Waals surface area contributed by atoms with Crippen molar-refractivity contribution in [3.63, 3.8) is 0 Å². The third-order valence-electron chi connectivity index (χ3n) is 2.55. The number of benzene rings is 1. The Morgan fingerprint density at radius 3 is 3.07 bits per heavy atom. The van der Waals surface area contributed by atoms with Crippen LogP contribution >= 0.6 is 11.8 Å². The summed E-state index contributed by atoms with van der Waals surface area (Å²) in [6.45, 7) is 4.56. The van der Waals surface area contributed by atoms with Crippen LogP contribution in [-0.2, 0) is 5.75 Å². The van der Waals surface area contributed by atoms with Crippen molar-refractivity contribution in [2.75, 3.05) is 6.61 Å². The van der Waals surface area contributed by atoms with Crippen molar-refractivity contribution in [3.8, 4) is 5.75 Å². The van der Waals surface area contributed by atoms with Gasteiger partial charge in [-0.15, -0.1) is 11.8 Å². The maximum absolute atomic E-state index is 11.9. The van der Waals surface area contributed by atoms with E-state index in [2.05, 4.69) is 0 Å². The molecule has 0 spiro atoms. The number of hydrogen-bond donors (Lipinski definition) is 0. The fourth-order valence-corrected chi connectivity index (χ4v) is 2.73. The summed E-state index contributed by atoms with van der Waals surface area (Å²) < 4.78 is 5.52. The maximum atomic E-state index is 11.9. The summed E-state index contributed by atoms with van der Waals surface area (Å²) in [7, 11) is 0. The van der Waals surface area contributed by atoms with E-state index in [1.807, 2.05) is 32.0 Å². The molecule has 1 aromatic carbocycles. The van der Waals surface area contributed by atoms with E-state index in [4.69, 9.17) is 4.74 Å². The normalized spacial score (nSPS) is 19.9. The van der Waals surface area contributed by atoms with E-state index in [1.165, 1.54) is 0 Å². The number of ketones is 1. The summed E-state index contributed by atoms with van der Waals surface area (Å²) >= 11 is 1.68. The molecule has 0 saturated heterocycles. The molecule has 15 heavy (non-hydrogen) atoms. The van der Waals surface area contributed by atoms with Crippen LogP contribution in [0.25, 0.3) is 0 Å². The van der Waals surface area contributed by atoms with E-state index >= 15 is 0 Å². The van der Waals surface area contributed by atoms with Crippen molar-refractivity contribution in [1.29, 1.82) is 0 Å². The van der Waals surface area contributed by atoms with Crippen LogP contribution in [0.3, 0.4) is 0 Å². The molecule has 1 unspecified atom stereocenters. The molecule has 0 amide bonds. The predicted octanol–water partition coefficient (Wildman–Crippen LogP) is 2.90. The second kappa shape index (κ2) is 4.27. The van der Waals surface area contributed by atoms with Gasteiger partial charge in [0.05, 0.1) is 11.9 Å². The Bertz CT molecular complexity index is 387. The molecule has 1 aliphatic heterocycles. The van der Waals surface area contributed by atoms with Gasteiger partial charge >= 0.3 is 0 Å². The minimum Gasteiger partial charge on any atom is -0.494 e. The minimum atomic E-state index is 0.0781. The largest absolute Gasteiger partial charge is 0.494 e. The number of rotatable bonds is 2. The number of thioether (sulfide) groups is 1. The predicted molar refractivity (Wildman–Crippen MR) is 62.7 cm³/mol. The van der Waals surface area contributed by atoms with Crippen LogP contribution in [0.4, 0.5) is 0 Å². The Morgan fingerprint density at radius 2 is 2.33 bits per heavy atom. The Labute approximate surface area is 94.0 Å². The molecule has 0 bridgehead atoms. The number of hydrogen-bond acceptors (Lipinski definition) is 3. The monoisotopic (exact) mass is 222 g/mol. The molecular formula is C12H14O2S. The van der Waals surface area contributed by atoms with Crippen molar-refractivity contribution in [2.24, 2.45) is 0 Å². The van der Waals surface area contributed by atoms with Gasteiger partial charge in [-0.2, -0.15) is 0 Å². The first kappa shape index (κ1) is 10.6. The van der Waals surface area contributed by atoms with Crippen LogP contribution in [0.15, 0.2) is 18.2 Å². The van der Waals surface area contributed by atoms with E-state index in [-0.39, 0.29) is 11.0 Å². The number of Topliss-reactive ketones (excluding diaryl/α,β-unsaturated/α-hetero) is 1. The van der Waals surface area contributed by atoms with Gasteiger partial charge in [-0.25, -0.2) is 0 Å². The molecule has 0 saturated carbocycles. The Hall–Kier alpha value is -0.960. The molecule has 0 aromatic heterocycles. The van der Waals surface area contributed by atoms with E-state index in [0.717, 1.165) is 22.6 Å². The van der Waals surface area contributed by atoms with Crippen molar-refractivity contribution in [1.82, 2.24) is 0 Å². The molecule has 2 rings (SSSR count). The highest BCUT2D eigenvalue weighted by molar-refractivity contribution is 8.00. The summed E-state index contributed by atoms with van der Waals surface area (Å²) in [6.07, 6.45) is 0. The Balaban J connectivity index is 2.44. The van der Waals surface area contributed by atoms with Gasteiger partial charge in [0.2, 0.25) is 0 Å². The van der Waals surface area contributed by atoms with Crippen molar-refractivity contribution in [3.05, 3.63) is 29.3 Å². The molecule has 3 heteroatoms. The summed E-state index contributed by atoms with van der Waals surface area (Å²) in [5, 5.41) is 0.0781. The number of fused-ring (bicyclic) bond motifs is 1. The lowest BCUT2D eigenvalue weighted by Crippen LogP contribution is -2.20. The summed E-state index contributed by atoms with van der Waals surface area (Å²) in [5.74, 6) is 1.96. The molecule has 1 aromatic rings. The fourth-order valence-electron chi connectivity index (χ4n) is 1.74. The number of carbonyl (C=O) groups excluding carboxylic acids is 1. The number of carbonyl (C=O) groups is 1. The fraction of sp³-hybridized carbons (Fsp3) is 0.417. The van der Waals surface area contributed by atoms with Gasteiger partial charge in [-0.1, -0.05) is 12.1 Å². The molecule has 1 atom stereocenters. The summed E-state index contributed by atoms with van der Waals surface area (Å²) in [4.78, 5) is 11.9. The third-order valence-corrected chi connectivity index (χ3v) is 3.71. The smallest absolute Gasteiger partial charge is 0.175 e. The van der Waals surface area contributed by atoms with Gasteiger partial charge in [0, 0.05) is 16.9 Å². The zero-order valence-corrected chi connectivity index (χ0v) is 9.76. The lowest BCUT2D eigenvalue weighted by Gasteiger charge is -2.22. The molecule has 80 valence electrons. The van der Waals surface area contributed by atoms with E-state index < -0.39 is 0 Å². The minimum absolute atomic E-state index is 0.0781. The van der Waals surface area contributed by atoms with E-state index in [0.29, 0.717) is 6.61 Å². The second-order valence-corrected chi connectivity index (χ2v) is 4.86. The quantitative estimate of drug-likeness (QED) is 0.769. The topological polar surface area (TPSA) is 26.3 Å². The molecule has 0 N–H and O–H groups in total. The van der Waals surface area contributed by atoms with Gasteiger partial charge in [0.25, 0.3) is 0 Å². The standard InChI is InChI=1S/C12H14O2S/c1-3-14-11-6-4-5-9-10(11)7-15-8(2)12(9)13/h4-6,8H,3,7H2,1-2H3. The highest BCUT2D eigenvalue weighted by Crippen LogP contribution is 2.35. The van der Waals surface area contributed by atoms with Crippen LogP contribution in [0.1, 0.15) is 29.8 Å². The zero-order valence-electron chi connectivity index (χ0n) is 8.95. The summed E-state index contributed by atoms with van der Waals surface area (Å²) in [5.41, 5.74) is 1.90. The lowest BCUT2D eigenvalue weighted by atomic mass is 10.0. The second-order valence-electron chi connectivity index (χ2n) is 3.53. The molecular weight excluding hydrogens is 208 g/mol. The van der Waals surface area contributed by atoms with Crippen LogP contribution in [0.2, 0.25) is 0 Å². The van der Waals surface area contributed by atoms with Crippen molar-refractivity contribution in [2.45, 2.75) is 24.9 Å². The molecule has 1 aliphatic rings. The van der Waals surface area contributed by atoms with E-state index in [1.54, 1.807) is 11.8 Å². The Kier molecular flexibility index (Phi) is 3.00. The Morgan fingerprint density at radius 1 is 1.53 bits per heavy atom. The highest BCUT2D eigenvalue weighted by atomic mass is 32.2. The number of ether oxygens (including phenoxy) is 1. The molecule has 1 heterocycles.